The van der Waals surface area contributed by atoms with Gasteiger partial charge in [0.15, 0.2) is 6.61 Å². The van der Waals surface area contributed by atoms with E-state index in [1.54, 1.807) is 4.90 Å². The summed E-state index contributed by atoms with van der Waals surface area (Å²) in [5.74, 6) is 0.624. The number of carbonyl (C=O) groups excluding carboxylic acids is 2. The minimum Gasteiger partial charge on any atom is -0.484 e. The molecule has 2 amide bonds. The average Bonchev–Trinajstić information content (AvgIpc) is 2.72. The van der Waals surface area contributed by atoms with E-state index in [-0.39, 0.29) is 18.4 Å². The first kappa shape index (κ1) is 24.9. The molecule has 0 aliphatic heterocycles. The zero-order chi connectivity index (χ0) is 23.0. The van der Waals surface area contributed by atoms with Crippen LogP contribution in [0.5, 0.6) is 5.75 Å². The molecule has 0 aromatic heterocycles. The predicted octanol–water partition coefficient (Wildman–Crippen LogP) is 5.02. The lowest BCUT2D eigenvalue weighted by Crippen LogP contribution is -2.50. The maximum Gasteiger partial charge on any atom is 0.261 e. The Labute approximate surface area is 194 Å². The molecule has 0 spiro atoms. The van der Waals surface area contributed by atoms with Gasteiger partial charge in [-0.1, -0.05) is 66.5 Å². The number of aryl methyl sites for hydroxylation is 2. The third kappa shape index (κ3) is 7.69. The Balaban J connectivity index is 2.20. The Bertz CT molecular complexity index is 898. The summed E-state index contributed by atoms with van der Waals surface area (Å²) in [4.78, 5) is 27.7. The van der Waals surface area contributed by atoms with E-state index in [1.807, 2.05) is 77.1 Å². The van der Waals surface area contributed by atoms with Gasteiger partial charge in [0.2, 0.25) is 5.91 Å². The van der Waals surface area contributed by atoms with E-state index < -0.39 is 6.04 Å². The molecule has 2 aromatic carbocycles. The highest BCUT2D eigenvalue weighted by molar-refractivity contribution is 9.10. The van der Waals surface area contributed by atoms with Gasteiger partial charge in [0.1, 0.15) is 11.8 Å². The van der Waals surface area contributed by atoms with Crippen molar-refractivity contribution in [2.45, 2.75) is 53.6 Å². The van der Waals surface area contributed by atoms with Crippen molar-refractivity contribution in [3.63, 3.8) is 0 Å². The van der Waals surface area contributed by atoms with Crippen LogP contribution in [0.1, 0.15) is 43.9 Å². The van der Waals surface area contributed by atoms with Crippen molar-refractivity contribution in [3.05, 3.63) is 63.6 Å². The standard InChI is InChI=1S/C25H33BrN2O3/c1-6-23(25(30)27-14-17(2)3)28(15-20-9-7-8-18(4)12-20)24(29)16-31-21-10-11-22(26)19(5)13-21/h7-13,17,23H,6,14-16H2,1-5H3,(H,27,30). The van der Waals surface area contributed by atoms with Crippen LogP contribution in [0.15, 0.2) is 46.9 Å². The van der Waals surface area contributed by atoms with Crippen LogP contribution in [0, 0.1) is 19.8 Å². The van der Waals surface area contributed by atoms with Gasteiger partial charge in [-0.05, 0) is 55.5 Å². The first-order valence-electron chi connectivity index (χ1n) is 10.7. The molecule has 0 aliphatic rings. The summed E-state index contributed by atoms with van der Waals surface area (Å²) >= 11 is 3.47. The zero-order valence-corrected chi connectivity index (χ0v) is 20.7. The van der Waals surface area contributed by atoms with Crippen molar-refractivity contribution < 1.29 is 14.3 Å². The van der Waals surface area contributed by atoms with Gasteiger partial charge in [-0.25, -0.2) is 0 Å². The quantitative estimate of drug-likeness (QED) is 0.510. The van der Waals surface area contributed by atoms with E-state index in [1.165, 1.54) is 0 Å². The van der Waals surface area contributed by atoms with Crippen molar-refractivity contribution in [2.24, 2.45) is 5.92 Å². The molecular formula is C25H33BrN2O3. The van der Waals surface area contributed by atoms with E-state index in [0.717, 1.165) is 21.2 Å². The summed E-state index contributed by atoms with van der Waals surface area (Å²) in [5.41, 5.74) is 3.13. The molecule has 0 bridgehead atoms. The summed E-state index contributed by atoms with van der Waals surface area (Å²) in [6, 6.07) is 13.0. The topological polar surface area (TPSA) is 58.6 Å². The van der Waals surface area contributed by atoms with E-state index in [2.05, 4.69) is 21.2 Å². The average molecular weight is 489 g/mol. The van der Waals surface area contributed by atoms with Gasteiger partial charge >= 0.3 is 0 Å². The lowest BCUT2D eigenvalue weighted by atomic mass is 10.1. The van der Waals surface area contributed by atoms with Crippen LogP contribution >= 0.6 is 15.9 Å². The van der Waals surface area contributed by atoms with Crippen LogP contribution in [0.25, 0.3) is 0 Å². The first-order chi connectivity index (χ1) is 14.7. The van der Waals surface area contributed by atoms with Crippen molar-refractivity contribution in [3.8, 4) is 5.75 Å². The maximum atomic E-state index is 13.2. The minimum atomic E-state index is -0.554. The summed E-state index contributed by atoms with van der Waals surface area (Å²) in [6.45, 7) is 10.8. The van der Waals surface area contributed by atoms with Crippen LogP contribution in [0.4, 0.5) is 0 Å². The molecule has 0 fully saturated rings. The Kier molecular flexibility index (Phi) is 9.56. The molecule has 5 nitrogen and oxygen atoms in total. The van der Waals surface area contributed by atoms with Gasteiger partial charge < -0.3 is 15.0 Å². The number of ether oxygens (including phenoxy) is 1. The van der Waals surface area contributed by atoms with Gasteiger partial charge in [-0.3, -0.25) is 9.59 Å². The molecule has 0 radical (unpaired) electrons. The molecule has 0 aliphatic carbocycles. The van der Waals surface area contributed by atoms with Gasteiger partial charge in [-0.15, -0.1) is 0 Å². The Morgan fingerprint density at radius 3 is 2.48 bits per heavy atom. The molecule has 0 saturated heterocycles. The van der Waals surface area contributed by atoms with Gasteiger partial charge in [0, 0.05) is 17.6 Å². The highest BCUT2D eigenvalue weighted by Crippen LogP contribution is 2.22. The number of nitrogens with zero attached hydrogens (tertiary/aromatic N) is 1. The monoisotopic (exact) mass is 488 g/mol. The number of halogens is 1. The van der Waals surface area contributed by atoms with Gasteiger partial charge in [-0.2, -0.15) is 0 Å². The molecule has 2 rings (SSSR count). The molecule has 1 atom stereocenters. The van der Waals surface area contributed by atoms with Crippen molar-refractivity contribution in [1.29, 1.82) is 0 Å². The summed E-state index contributed by atoms with van der Waals surface area (Å²) in [7, 11) is 0. The number of nitrogens with one attached hydrogen (secondary N) is 1. The number of carbonyl (C=O) groups is 2. The molecule has 1 unspecified atom stereocenters. The molecule has 168 valence electrons. The Hall–Kier alpha value is -2.34. The Morgan fingerprint density at radius 2 is 1.87 bits per heavy atom. The molecular weight excluding hydrogens is 456 g/mol. The van der Waals surface area contributed by atoms with Crippen molar-refractivity contribution in [2.75, 3.05) is 13.2 Å². The SMILES string of the molecule is CCC(C(=O)NCC(C)C)N(Cc1cccc(C)c1)C(=O)COc1ccc(Br)c(C)c1. The second kappa shape index (κ2) is 11.9. The molecule has 1 N–H and O–H groups in total. The second-order valence-corrected chi connectivity index (χ2v) is 9.13. The van der Waals surface area contributed by atoms with Crippen LogP contribution in [0.3, 0.4) is 0 Å². The van der Waals surface area contributed by atoms with Crippen molar-refractivity contribution >= 4 is 27.7 Å². The number of hydrogen-bond acceptors (Lipinski definition) is 3. The summed E-state index contributed by atoms with van der Waals surface area (Å²) in [5, 5.41) is 2.97. The van der Waals surface area contributed by atoms with E-state index in [4.69, 9.17) is 4.74 Å². The number of benzene rings is 2. The molecule has 31 heavy (non-hydrogen) atoms. The predicted molar refractivity (Wildman–Crippen MR) is 128 cm³/mol. The largest absolute Gasteiger partial charge is 0.484 e. The molecule has 0 saturated carbocycles. The van der Waals surface area contributed by atoms with E-state index >= 15 is 0 Å². The van der Waals surface area contributed by atoms with Crippen LogP contribution < -0.4 is 10.1 Å². The molecule has 0 heterocycles. The Morgan fingerprint density at radius 1 is 1.13 bits per heavy atom. The van der Waals surface area contributed by atoms with E-state index in [9.17, 15) is 9.59 Å². The van der Waals surface area contributed by atoms with Gasteiger partial charge in [0.25, 0.3) is 5.91 Å². The van der Waals surface area contributed by atoms with Crippen LogP contribution in [-0.4, -0.2) is 35.9 Å². The molecule has 6 heteroatoms. The summed E-state index contributed by atoms with van der Waals surface area (Å²) in [6.07, 6.45) is 0.527. The third-order valence-corrected chi connectivity index (χ3v) is 5.89. The van der Waals surface area contributed by atoms with Crippen LogP contribution in [0.2, 0.25) is 0 Å². The lowest BCUT2D eigenvalue weighted by molar-refractivity contribution is -0.143. The third-order valence-electron chi connectivity index (χ3n) is 5.00. The van der Waals surface area contributed by atoms with Crippen LogP contribution in [-0.2, 0) is 16.1 Å². The summed E-state index contributed by atoms with van der Waals surface area (Å²) < 4.78 is 6.76. The lowest BCUT2D eigenvalue weighted by Gasteiger charge is -2.31. The maximum absolute atomic E-state index is 13.2. The first-order valence-corrected chi connectivity index (χ1v) is 11.5. The fraction of sp³-hybridized carbons (Fsp3) is 0.440. The molecule has 2 aromatic rings. The normalized spacial score (nSPS) is 11.8. The van der Waals surface area contributed by atoms with Crippen molar-refractivity contribution in [1.82, 2.24) is 10.2 Å². The number of rotatable bonds is 10. The minimum absolute atomic E-state index is 0.124. The highest BCUT2D eigenvalue weighted by atomic mass is 79.9. The van der Waals surface area contributed by atoms with Gasteiger partial charge in [0.05, 0.1) is 0 Å². The zero-order valence-electron chi connectivity index (χ0n) is 19.1. The smallest absolute Gasteiger partial charge is 0.261 e. The second-order valence-electron chi connectivity index (χ2n) is 8.27. The van der Waals surface area contributed by atoms with E-state index in [0.29, 0.717) is 31.2 Å². The number of amides is 2. The fourth-order valence-electron chi connectivity index (χ4n) is 3.28. The highest BCUT2D eigenvalue weighted by Gasteiger charge is 2.29. The number of hydrogen-bond donors (Lipinski definition) is 1. The fourth-order valence-corrected chi connectivity index (χ4v) is 3.53.